The number of thiophene rings is 3. The van der Waals surface area contributed by atoms with Crippen molar-refractivity contribution >= 4 is 102 Å². The van der Waals surface area contributed by atoms with Crippen LogP contribution in [0.3, 0.4) is 0 Å². The van der Waals surface area contributed by atoms with Crippen molar-refractivity contribution in [3.05, 3.63) is 292 Å². The van der Waals surface area contributed by atoms with Gasteiger partial charge in [-0.3, -0.25) is 4.79 Å². The lowest BCUT2D eigenvalue weighted by Crippen LogP contribution is -2.10. The maximum absolute atomic E-state index is 13.1. The number of benzene rings is 10. The van der Waals surface area contributed by atoms with Crippen LogP contribution >= 0.6 is 41.9 Å². The standard InChI is InChI=1S/C26H29OS.C20H12F3OS.C18H19S.C14H11S/c1-4-5-6-11-16-27-26-19(2)17-21(18-20(26)3)28-24-14-9-7-12-22(24)23-13-8-10-15-25(23)28;21-20(22,23)13-10-11-18-16(12-13)19(24)15-8-4-5-9-17(15)25(18)14-6-2-1-3-7-14;1-18(2,3)15-8-10-16(11-9-15)19-13-12-14-6-4-5-7-17(14)19;1-2-7-13(8-3-1)15-11-10-12-6-4-5-9-14(12)15/h7-10,12-15,17-18H,4-6,11,16H2,1-3H3;1-12H;4-13H,1-3H3;1-11H/q4*+1. The summed E-state index contributed by atoms with van der Waals surface area (Å²) in [6.45, 7) is 14.2. The van der Waals surface area contributed by atoms with E-state index in [-0.39, 0.29) is 47.6 Å². The normalized spacial score (nSPS) is 12.2. The molecule has 0 aliphatic carbocycles. The molecule has 2 nitrogen and oxygen atoms in total. The third-order valence-electron chi connectivity index (χ3n) is 15.6. The van der Waals surface area contributed by atoms with Crippen molar-refractivity contribution in [2.75, 3.05) is 6.61 Å². The van der Waals surface area contributed by atoms with Crippen LogP contribution in [-0.2, 0) is 11.6 Å². The first-order valence-electron chi connectivity index (χ1n) is 29.6. The van der Waals surface area contributed by atoms with Gasteiger partial charge in [-0.15, -0.1) is 0 Å². The van der Waals surface area contributed by atoms with Gasteiger partial charge < -0.3 is 4.74 Å². The number of hydrogen-bond acceptors (Lipinski definition) is 2. The second kappa shape index (κ2) is 26.8. The third kappa shape index (κ3) is 13.4. The van der Waals surface area contributed by atoms with E-state index < -0.39 is 22.2 Å². The SMILES string of the molecule is CC(C)(C)c1ccc(-[s+]2ccc3ccccc32)cc1.CCCCCCOc1c(C)cc(-[s+]2c3ccccc3c3ccccc32)cc1C.O=c1c2ccccc2[s+](-c2ccccc2)c2ccc(C(F)(F)F)cc12.c1ccc(-[s+]2ccc3ccccc32)cc1. The number of rotatable bonds is 10. The molecule has 87 heavy (non-hydrogen) atoms. The fourth-order valence-electron chi connectivity index (χ4n) is 11.2. The zero-order chi connectivity index (χ0) is 60.7. The van der Waals surface area contributed by atoms with E-state index in [4.69, 9.17) is 4.74 Å². The van der Waals surface area contributed by atoms with E-state index in [0.717, 1.165) is 40.5 Å². The van der Waals surface area contributed by atoms with E-state index in [2.05, 4.69) is 228 Å². The van der Waals surface area contributed by atoms with Crippen LogP contribution in [0.25, 0.3) is 80.1 Å². The summed E-state index contributed by atoms with van der Waals surface area (Å²) in [4.78, 5) is 18.0. The van der Waals surface area contributed by atoms with Crippen LogP contribution in [0.1, 0.15) is 75.6 Å². The molecule has 0 radical (unpaired) electrons. The minimum Gasteiger partial charge on any atom is -0.493 e. The maximum Gasteiger partial charge on any atom is 0.416 e. The Hall–Kier alpha value is -8.18. The lowest BCUT2D eigenvalue weighted by atomic mass is 9.87. The Balaban J connectivity index is 0.000000123. The predicted molar refractivity (Wildman–Crippen MR) is 375 cm³/mol. The molecule has 4 heterocycles. The molecule has 0 bridgehead atoms. The molecule has 14 rings (SSSR count). The number of unbranched alkanes of at least 4 members (excludes halogenated alkanes) is 3. The highest BCUT2D eigenvalue weighted by Crippen LogP contribution is 2.50. The van der Waals surface area contributed by atoms with Crippen molar-refractivity contribution in [3.8, 4) is 25.3 Å². The molecule has 0 saturated carbocycles. The first kappa shape index (κ1) is 60.5. The molecule has 4 aromatic heterocycles. The summed E-state index contributed by atoms with van der Waals surface area (Å²) >= 11 is 0. The van der Waals surface area contributed by atoms with Gasteiger partial charge in [0, 0.05) is 87.7 Å². The van der Waals surface area contributed by atoms with Crippen molar-refractivity contribution < 1.29 is 17.9 Å². The molecule has 0 spiro atoms. The Labute approximate surface area is 519 Å². The van der Waals surface area contributed by atoms with Crippen molar-refractivity contribution in [3.63, 3.8) is 0 Å². The summed E-state index contributed by atoms with van der Waals surface area (Å²) in [6.07, 6.45) is 0.473. The molecule has 3 atom stereocenters. The molecule has 3 unspecified atom stereocenters. The van der Waals surface area contributed by atoms with Crippen molar-refractivity contribution in [2.24, 2.45) is 0 Å². The summed E-state index contributed by atoms with van der Waals surface area (Å²) in [6, 6.07) is 84.2. The highest BCUT2D eigenvalue weighted by Gasteiger charge is 2.33. The molecule has 0 fully saturated rings. The molecule has 14 aromatic rings. The zero-order valence-electron chi connectivity index (χ0n) is 49.9. The number of halogens is 3. The molecule has 10 aromatic carbocycles. The largest absolute Gasteiger partial charge is 0.493 e. The Morgan fingerprint density at radius 2 is 0.816 bits per heavy atom. The first-order valence-corrected chi connectivity index (χ1v) is 34.7. The van der Waals surface area contributed by atoms with Gasteiger partial charge in [-0.25, -0.2) is 0 Å². The van der Waals surface area contributed by atoms with Crippen LogP contribution in [0.5, 0.6) is 5.75 Å². The van der Waals surface area contributed by atoms with E-state index in [1.165, 1.54) is 97.1 Å². The van der Waals surface area contributed by atoms with Gasteiger partial charge in [-0.1, -0.05) is 156 Å². The third-order valence-corrected chi connectivity index (χ3v) is 24.3. The first-order chi connectivity index (χ1) is 42.2. The van der Waals surface area contributed by atoms with Crippen molar-refractivity contribution in [1.82, 2.24) is 0 Å². The monoisotopic (exact) mass is 1220 g/mol. The second-order valence-electron chi connectivity index (χ2n) is 22.7. The number of alkyl halides is 3. The summed E-state index contributed by atoms with van der Waals surface area (Å²) in [5.74, 6) is 1.07. The van der Waals surface area contributed by atoms with E-state index in [9.17, 15) is 18.0 Å². The molecule has 436 valence electrons. The zero-order valence-corrected chi connectivity index (χ0v) is 53.2. The molecule has 0 N–H and O–H groups in total. The summed E-state index contributed by atoms with van der Waals surface area (Å²) in [5.41, 5.74) is 2.98. The highest BCUT2D eigenvalue weighted by molar-refractivity contribution is 7.50. The quantitative estimate of drug-likeness (QED) is 0.0775. The molecule has 0 amide bonds. The molecule has 0 aliphatic heterocycles. The number of hydrogen-bond donors (Lipinski definition) is 0. The average molecular weight is 1230 g/mol. The topological polar surface area (TPSA) is 26.3 Å². The van der Waals surface area contributed by atoms with Gasteiger partial charge in [0.25, 0.3) is 0 Å². The van der Waals surface area contributed by atoms with E-state index >= 15 is 0 Å². The predicted octanol–water partition coefficient (Wildman–Crippen LogP) is 24.9. The number of ether oxygens (including phenoxy) is 1. The van der Waals surface area contributed by atoms with Crippen molar-refractivity contribution in [1.29, 1.82) is 0 Å². The van der Waals surface area contributed by atoms with Gasteiger partial charge in [0.2, 0.25) is 5.43 Å². The Morgan fingerprint density at radius 3 is 1.33 bits per heavy atom. The van der Waals surface area contributed by atoms with Gasteiger partial charge in [0.1, 0.15) is 16.5 Å². The fraction of sp³-hybridized carbons (Fsp3) is 0.167. The van der Waals surface area contributed by atoms with Gasteiger partial charge in [0.15, 0.2) is 47.8 Å². The average Bonchev–Trinajstić information content (AvgIpc) is 2.87. The van der Waals surface area contributed by atoms with Crippen LogP contribution in [-0.4, -0.2) is 6.61 Å². The van der Waals surface area contributed by atoms with Gasteiger partial charge >= 0.3 is 6.18 Å². The van der Waals surface area contributed by atoms with E-state index in [1.54, 1.807) is 12.1 Å². The molecule has 9 heteroatoms. The van der Waals surface area contributed by atoms with Crippen LogP contribution in [0.15, 0.2) is 264 Å². The lowest BCUT2D eigenvalue weighted by molar-refractivity contribution is -0.137. The van der Waals surface area contributed by atoms with Crippen LogP contribution < -0.4 is 10.2 Å². The minimum absolute atomic E-state index is 0.0350. The Bertz CT molecular complexity index is 4640. The smallest absolute Gasteiger partial charge is 0.416 e. The van der Waals surface area contributed by atoms with Gasteiger partial charge in [-0.2, -0.15) is 13.2 Å². The lowest BCUT2D eigenvalue weighted by Gasteiger charge is -2.18. The number of fused-ring (bicyclic) bond motifs is 7. The minimum atomic E-state index is -4.47. The van der Waals surface area contributed by atoms with Crippen LogP contribution in [0.4, 0.5) is 13.2 Å². The fourth-order valence-corrected chi connectivity index (χ4v) is 19.9. The summed E-state index contributed by atoms with van der Waals surface area (Å²) in [5, 5.41) is 10.7. The molecular formula is C78H71F3O2S4+4. The van der Waals surface area contributed by atoms with Gasteiger partial charge in [0.05, 0.1) is 22.9 Å². The molecular weight excluding hydrogens is 1150 g/mol. The maximum atomic E-state index is 13.1. The van der Waals surface area contributed by atoms with Crippen LogP contribution in [0, 0.1) is 13.8 Å². The number of aryl methyl sites for hydroxylation is 2. The van der Waals surface area contributed by atoms with Crippen molar-refractivity contribution in [2.45, 2.75) is 78.8 Å². The van der Waals surface area contributed by atoms with E-state index in [1.807, 2.05) is 42.5 Å². The summed E-state index contributed by atoms with van der Waals surface area (Å²) in [7, 11) is -0.364. The summed E-state index contributed by atoms with van der Waals surface area (Å²) < 4.78 is 52.7. The highest BCUT2D eigenvalue weighted by atomic mass is 32.2. The second-order valence-corrected chi connectivity index (χ2v) is 30.3. The Kier molecular flexibility index (Phi) is 18.7. The van der Waals surface area contributed by atoms with E-state index in [0.29, 0.717) is 10.1 Å². The Morgan fingerprint density at radius 1 is 0.391 bits per heavy atom. The van der Waals surface area contributed by atoms with Gasteiger partial charge in [-0.05, 0) is 158 Å². The molecule has 0 saturated heterocycles. The van der Waals surface area contributed by atoms with Crippen LogP contribution in [0.2, 0.25) is 0 Å². The molecule has 0 aliphatic rings.